The second-order valence-corrected chi connectivity index (χ2v) is 5.61. The zero-order chi connectivity index (χ0) is 14.5. The molecule has 0 saturated carbocycles. The van der Waals surface area contributed by atoms with Crippen molar-refractivity contribution in [3.63, 3.8) is 0 Å². The summed E-state index contributed by atoms with van der Waals surface area (Å²) in [7, 11) is -1.40. The Morgan fingerprint density at radius 1 is 1.47 bits per heavy atom. The minimum Gasteiger partial charge on any atom is -0.277 e. The number of carbonyl (C=O) groups is 1. The topological polar surface area (TPSA) is 99.5 Å². The molecule has 0 atom stereocenters. The van der Waals surface area contributed by atoms with Gasteiger partial charge in [-0.15, -0.1) is 0 Å². The van der Waals surface area contributed by atoms with Crippen molar-refractivity contribution in [1.82, 2.24) is 9.79 Å². The molecule has 7 nitrogen and oxygen atoms in total. The van der Waals surface area contributed by atoms with Gasteiger partial charge in [0.05, 0.1) is 24.1 Å². The molecule has 0 aromatic heterocycles. The van der Waals surface area contributed by atoms with Crippen LogP contribution in [0.5, 0.6) is 0 Å². The lowest BCUT2D eigenvalue weighted by atomic mass is 10.2. The maximum Gasteiger partial charge on any atom is 0.258 e. The smallest absolute Gasteiger partial charge is 0.258 e. The number of nitriles is 1. The average molecular weight is 283 g/mol. The molecular formula is C11H13N3O4S. The third-order valence-corrected chi connectivity index (χ3v) is 4.14. The van der Waals surface area contributed by atoms with Gasteiger partial charge >= 0.3 is 0 Å². The lowest BCUT2D eigenvalue weighted by molar-refractivity contribution is -0.131. The van der Waals surface area contributed by atoms with E-state index in [1.165, 1.54) is 32.4 Å². The summed E-state index contributed by atoms with van der Waals surface area (Å²) in [5, 5.41) is 8.90. The summed E-state index contributed by atoms with van der Waals surface area (Å²) in [6, 6.07) is 7.60. The van der Waals surface area contributed by atoms with Gasteiger partial charge in [0.1, 0.15) is 6.07 Å². The van der Waals surface area contributed by atoms with Crippen LogP contribution in [0, 0.1) is 11.3 Å². The maximum absolute atomic E-state index is 12.2. The first-order valence-electron chi connectivity index (χ1n) is 5.20. The minimum atomic E-state index is -3.90. The van der Waals surface area contributed by atoms with Gasteiger partial charge in [0.15, 0.2) is 0 Å². The van der Waals surface area contributed by atoms with Crippen molar-refractivity contribution in [1.29, 1.82) is 5.26 Å². The van der Waals surface area contributed by atoms with Crippen LogP contribution in [0.1, 0.15) is 5.56 Å². The van der Waals surface area contributed by atoms with Gasteiger partial charge in [-0.1, -0.05) is 12.1 Å². The van der Waals surface area contributed by atoms with E-state index in [2.05, 4.69) is 4.84 Å². The summed E-state index contributed by atoms with van der Waals surface area (Å²) in [6.07, 6.45) is 0. The Balaban J connectivity index is 3.04. The number of hydrogen-bond donors (Lipinski definition) is 1. The molecule has 0 saturated heterocycles. The Kier molecular flexibility index (Phi) is 5.00. The first kappa shape index (κ1) is 15.1. The van der Waals surface area contributed by atoms with Gasteiger partial charge in [0.25, 0.3) is 5.91 Å². The molecule has 1 N–H and O–H groups in total. The van der Waals surface area contributed by atoms with Crippen LogP contribution >= 0.6 is 0 Å². The van der Waals surface area contributed by atoms with Crippen LogP contribution in [-0.4, -0.2) is 39.3 Å². The Bertz CT molecular complexity index is 607. The molecule has 0 unspecified atom stereocenters. The number of hydroxylamine groups is 1. The van der Waals surface area contributed by atoms with E-state index in [1.54, 1.807) is 12.1 Å². The number of carbonyl (C=O) groups excluding carboxylic acids is 1. The van der Waals surface area contributed by atoms with Gasteiger partial charge in [-0.2, -0.15) is 9.57 Å². The van der Waals surface area contributed by atoms with Crippen molar-refractivity contribution < 1.29 is 18.0 Å². The van der Waals surface area contributed by atoms with Crippen LogP contribution < -0.4 is 5.48 Å². The van der Waals surface area contributed by atoms with E-state index < -0.39 is 22.5 Å². The molecule has 102 valence electrons. The quantitative estimate of drug-likeness (QED) is 0.758. The van der Waals surface area contributed by atoms with Crippen molar-refractivity contribution in [3.8, 4) is 6.07 Å². The van der Waals surface area contributed by atoms with Crippen LogP contribution in [0.15, 0.2) is 29.2 Å². The summed E-state index contributed by atoms with van der Waals surface area (Å²) in [5.41, 5.74) is 2.05. The van der Waals surface area contributed by atoms with E-state index in [1.807, 2.05) is 5.48 Å². The number of nitrogens with one attached hydrogen (secondary N) is 1. The SMILES string of the molecule is CONC(=O)CN(C)S(=O)(=O)c1ccccc1C#N. The minimum absolute atomic E-state index is 0.0292. The fraction of sp³-hybridized carbons (Fsp3) is 0.273. The highest BCUT2D eigenvalue weighted by Gasteiger charge is 2.25. The highest BCUT2D eigenvalue weighted by molar-refractivity contribution is 7.89. The number of likely N-dealkylation sites (N-methyl/N-ethyl adjacent to an activating group) is 1. The van der Waals surface area contributed by atoms with Crippen LogP contribution in [0.2, 0.25) is 0 Å². The average Bonchev–Trinajstić information content (AvgIpc) is 2.38. The van der Waals surface area contributed by atoms with Crippen LogP contribution in [0.3, 0.4) is 0 Å². The van der Waals surface area contributed by atoms with Crippen molar-refractivity contribution in [3.05, 3.63) is 29.8 Å². The molecule has 0 aliphatic rings. The lowest BCUT2D eigenvalue weighted by Crippen LogP contribution is -2.38. The Hall–Kier alpha value is -1.95. The molecule has 0 heterocycles. The molecule has 0 radical (unpaired) electrons. The van der Waals surface area contributed by atoms with Crippen molar-refractivity contribution >= 4 is 15.9 Å². The van der Waals surface area contributed by atoms with E-state index in [0.717, 1.165) is 4.31 Å². The standard InChI is InChI=1S/C11H13N3O4S/c1-14(8-11(15)13-18-2)19(16,17)10-6-4-3-5-9(10)7-12/h3-6H,8H2,1-2H3,(H,13,15). The van der Waals surface area contributed by atoms with Gasteiger partial charge in [0.2, 0.25) is 10.0 Å². The molecular weight excluding hydrogens is 270 g/mol. The molecule has 0 fully saturated rings. The highest BCUT2D eigenvalue weighted by atomic mass is 32.2. The summed E-state index contributed by atoms with van der Waals surface area (Å²) in [5.74, 6) is -0.608. The summed E-state index contributed by atoms with van der Waals surface area (Å²) >= 11 is 0. The zero-order valence-electron chi connectivity index (χ0n) is 10.5. The van der Waals surface area contributed by atoms with Crippen molar-refractivity contribution in [2.75, 3.05) is 20.7 Å². The van der Waals surface area contributed by atoms with E-state index in [4.69, 9.17) is 5.26 Å². The fourth-order valence-electron chi connectivity index (χ4n) is 1.39. The predicted octanol–water partition coefficient (Wildman–Crippen LogP) is -0.144. The van der Waals surface area contributed by atoms with E-state index in [-0.39, 0.29) is 10.5 Å². The van der Waals surface area contributed by atoms with Crippen LogP contribution in [0.4, 0.5) is 0 Å². The Morgan fingerprint density at radius 2 is 2.11 bits per heavy atom. The molecule has 1 amide bonds. The number of benzene rings is 1. The number of rotatable bonds is 5. The first-order chi connectivity index (χ1) is 8.93. The molecule has 1 aromatic carbocycles. The zero-order valence-corrected chi connectivity index (χ0v) is 11.3. The largest absolute Gasteiger partial charge is 0.277 e. The predicted molar refractivity (Wildman–Crippen MR) is 66.1 cm³/mol. The monoisotopic (exact) mass is 283 g/mol. The molecule has 0 aliphatic carbocycles. The number of amides is 1. The number of sulfonamides is 1. The van der Waals surface area contributed by atoms with E-state index in [9.17, 15) is 13.2 Å². The third kappa shape index (κ3) is 3.51. The number of hydrogen-bond acceptors (Lipinski definition) is 5. The van der Waals surface area contributed by atoms with Gasteiger partial charge in [-0.3, -0.25) is 9.63 Å². The summed E-state index contributed by atoms with van der Waals surface area (Å²) < 4.78 is 25.3. The normalized spacial score (nSPS) is 11.1. The molecule has 1 aromatic rings. The molecule has 0 spiro atoms. The maximum atomic E-state index is 12.2. The van der Waals surface area contributed by atoms with Gasteiger partial charge in [0, 0.05) is 7.05 Å². The van der Waals surface area contributed by atoms with Gasteiger partial charge < -0.3 is 0 Å². The second kappa shape index (κ2) is 6.29. The Morgan fingerprint density at radius 3 is 2.68 bits per heavy atom. The van der Waals surface area contributed by atoms with Crippen molar-refractivity contribution in [2.24, 2.45) is 0 Å². The van der Waals surface area contributed by atoms with Gasteiger partial charge in [-0.05, 0) is 12.1 Å². The van der Waals surface area contributed by atoms with E-state index in [0.29, 0.717) is 0 Å². The van der Waals surface area contributed by atoms with Gasteiger partial charge in [-0.25, -0.2) is 13.9 Å². The number of nitrogens with zero attached hydrogens (tertiary/aromatic N) is 2. The molecule has 0 bridgehead atoms. The van der Waals surface area contributed by atoms with Crippen molar-refractivity contribution in [2.45, 2.75) is 4.90 Å². The highest BCUT2D eigenvalue weighted by Crippen LogP contribution is 2.18. The summed E-state index contributed by atoms with van der Waals surface area (Å²) in [4.78, 5) is 15.5. The van der Waals surface area contributed by atoms with E-state index >= 15 is 0 Å². The van der Waals surface area contributed by atoms with Crippen LogP contribution in [-0.2, 0) is 19.7 Å². The fourth-order valence-corrected chi connectivity index (χ4v) is 2.65. The lowest BCUT2D eigenvalue weighted by Gasteiger charge is -2.17. The molecule has 0 aliphatic heterocycles. The molecule has 1 rings (SSSR count). The third-order valence-electron chi connectivity index (χ3n) is 2.28. The Labute approximate surface area is 111 Å². The first-order valence-corrected chi connectivity index (χ1v) is 6.64. The molecule has 8 heteroatoms. The summed E-state index contributed by atoms with van der Waals surface area (Å²) in [6.45, 7) is -0.407. The molecule has 19 heavy (non-hydrogen) atoms. The second-order valence-electron chi connectivity index (χ2n) is 3.60. The van der Waals surface area contributed by atoms with Crippen LogP contribution in [0.25, 0.3) is 0 Å².